The molecule has 0 saturated heterocycles. The number of rotatable bonds is 6. The standard InChI is InChI=1S/C30H24N4O/c31-30(35)29-15-24(28-14-6-10-22-8-2-4-13-27(22)28)18-33(29)19-25-16-32-20-34(25)17-23-11-5-9-21-7-1-3-12-26(21)23/h1-16,18,20H,17,19H2,(H2,31,35). The number of carbonyl (C=O) groups is 1. The number of primary amides is 1. The van der Waals surface area contributed by atoms with Gasteiger partial charge in [-0.15, -0.1) is 0 Å². The van der Waals surface area contributed by atoms with Crippen LogP contribution in [0.4, 0.5) is 0 Å². The molecule has 5 heteroatoms. The molecule has 2 aromatic heterocycles. The molecular formula is C30H24N4O. The van der Waals surface area contributed by atoms with E-state index in [0.717, 1.165) is 27.6 Å². The highest BCUT2D eigenvalue weighted by Gasteiger charge is 2.16. The van der Waals surface area contributed by atoms with Gasteiger partial charge in [-0.2, -0.15) is 0 Å². The van der Waals surface area contributed by atoms with E-state index in [1.54, 1.807) is 0 Å². The number of fused-ring (bicyclic) bond motifs is 2. The molecule has 170 valence electrons. The Balaban J connectivity index is 1.37. The molecule has 5 nitrogen and oxygen atoms in total. The summed E-state index contributed by atoms with van der Waals surface area (Å²) < 4.78 is 4.06. The van der Waals surface area contributed by atoms with E-state index in [-0.39, 0.29) is 0 Å². The first kappa shape index (κ1) is 20.9. The van der Waals surface area contributed by atoms with E-state index in [1.165, 1.54) is 16.3 Å². The lowest BCUT2D eigenvalue weighted by Gasteiger charge is -2.12. The second-order valence-corrected chi connectivity index (χ2v) is 8.78. The SMILES string of the molecule is NC(=O)c1cc(-c2cccc3ccccc23)cn1Cc1cncn1Cc1cccc2ccccc12. The maximum Gasteiger partial charge on any atom is 0.265 e. The van der Waals surface area contributed by atoms with E-state index in [1.807, 2.05) is 47.6 Å². The molecule has 2 N–H and O–H groups in total. The van der Waals surface area contributed by atoms with Gasteiger partial charge in [0.1, 0.15) is 5.69 Å². The molecule has 0 aliphatic carbocycles. The molecule has 0 bridgehead atoms. The van der Waals surface area contributed by atoms with Crippen molar-refractivity contribution < 1.29 is 4.79 Å². The number of hydrogen-bond acceptors (Lipinski definition) is 2. The minimum absolute atomic E-state index is 0.448. The quantitative estimate of drug-likeness (QED) is 0.341. The first-order valence-corrected chi connectivity index (χ1v) is 11.6. The van der Waals surface area contributed by atoms with Gasteiger partial charge in [-0.1, -0.05) is 84.9 Å². The highest BCUT2D eigenvalue weighted by atomic mass is 16.1. The van der Waals surface area contributed by atoms with Gasteiger partial charge in [0.25, 0.3) is 5.91 Å². The van der Waals surface area contributed by atoms with Crippen LogP contribution in [0.1, 0.15) is 21.7 Å². The second kappa shape index (κ2) is 8.61. The summed E-state index contributed by atoms with van der Waals surface area (Å²) in [5.74, 6) is -0.448. The Kier molecular flexibility index (Phi) is 5.15. The first-order chi connectivity index (χ1) is 17.2. The second-order valence-electron chi connectivity index (χ2n) is 8.78. The summed E-state index contributed by atoms with van der Waals surface area (Å²) in [5, 5.41) is 4.75. The first-order valence-electron chi connectivity index (χ1n) is 11.6. The fourth-order valence-corrected chi connectivity index (χ4v) is 4.88. The van der Waals surface area contributed by atoms with Gasteiger partial charge in [-0.05, 0) is 38.7 Å². The number of aromatic nitrogens is 3. The molecule has 0 radical (unpaired) electrons. The van der Waals surface area contributed by atoms with Crippen LogP contribution < -0.4 is 5.73 Å². The van der Waals surface area contributed by atoms with Gasteiger partial charge in [-0.25, -0.2) is 4.98 Å². The largest absolute Gasteiger partial charge is 0.364 e. The summed E-state index contributed by atoms with van der Waals surface area (Å²) >= 11 is 0. The van der Waals surface area contributed by atoms with Crippen LogP contribution in [-0.2, 0) is 13.1 Å². The maximum absolute atomic E-state index is 12.4. The Morgan fingerprint density at radius 3 is 2.26 bits per heavy atom. The minimum atomic E-state index is -0.448. The fraction of sp³-hybridized carbons (Fsp3) is 0.0667. The van der Waals surface area contributed by atoms with Crippen molar-refractivity contribution in [2.45, 2.75) is 13.1 Å². The van der Waals surface area contributed by atoms with Crippen LogP contribution in [0.15, 0.2) is 110 Å². The van der Waals surface area contributed by atoms with E-state index in [0.29, 0.717) is 18.8 Å². The number of benzene rings is 4. The third-order valence-corrected chi connectivity index (χ3v) is 6.60. The minimum Gasteiger partial charge on any atom is -0.364 e. The normalized spacial score (nSPS) is 11.3. The van der Waals surface area contributed by atoms with Crippen LogP contribution in [0.2, 0.25) is 0 Å². The van der Waals surface area contributed by atoms with Crippen LogP contribution >= 0.6 is 0 Å². The monoisotopic (exact) mass is 456 g/mol. The summed E-state index contributed by atoms with van der Waals surface area (Å²) in [6.07, 6.45) is 5.71. The fourth-order valence-electron chi connectivity index (χ4n) is 4.88. The van der Waals surface area contributed by atoms with Crippen molar-refractivity contribution in [2.24, 2.45) is 5.73 Å². The average molecular weight is 457 g/mol. The molecule has 0 fully saturated rings. The Morgan fingerprint density at radius 2 is 1.46 bits per heavy atom. The van der Waals surface area contributed by atoms with Gasteiger partial charge in [0, 0.05) is 24.5 Å². The molecular weight excluding hydrogens is 432 g/mol. The lowest BCUT2D eigenvalue weighted by Crippen LogP contribution is -2.18. The highest BCUT2D eigenvalue weighted by Crippen LogP contribution is 2.30. The summed E-state index contributed by atoms with van der Waals surface area (Å²) in [6.45, 7) is 1.19. The van der Waals surface area contributed by atoms with Crippen molar-refractivity contribution >= 4 is 27.5 Å². The maximum atomic E-state index is 12.4. The average Bonchev–Trinajstić information content (AvgIpc) is 3.51. The third kappa shape index (κ3) is 3.87. The van der Waals surface area contributed by atoms with Gasteiger partial charge in [0.2, 0.25) is 0 Å². The van der Waals surface area contributed by atoms with Crippen molar-refractivity contribution in [3.8, 4) is 11.1 Å². The predicted molar refractivity (Wildman–Crippen MR) is 140 cm³/mol. The van der Waals surface area contributed by atoms with Crippen molar-refractivity contribution in [1.82, 2.24) is 14.1 Å². The predicted octanol–water partition coefficient (Wildman–Crippen LogP) is 5.85. The topological polar surface area (TPSA) is 65.8 Å². The molecule has 0 aliphatic heterocycles. The molecule has 4 aromatic carbocycles. The summed E-state index contributed by atoms with van der Waals surface area (Å²) in [6, 6.07) is 31.1. The number of nitrogens with zero attached hydrogens (tertiary/aromatic N) is 3. The molecule has 2 heterocycles. The van der Waals surface area contributed by atoms with Crippen LogP contribution in [0.3, 0.4) is 0 Å². The number of imidazole rings is 1. The molecule has 6 rings (SSSR count). The zero-order valence-corrected chi connectivity index (χ0v) is 19.1. The molecule has 0 spiro atoms. The van der Waals surface area contributed by atoms with E-state index in [4.69, 9.17) is 5.73 Å². The van der Waals surface area contributed by atoms with E-state index < -0.39 is 5.91 Å². The molecule has 0 unspecified atom stereocenters. The Bertz CT molecular complexity index is 1680. The van der Waals surface area contributed by atoms with Crippen molar-refractivity contribution in [2.75, 3.05) is 0 Å². The van der Waals surface area contributed by atoms with E-state index in [9.17, 15) is 4.79 Å². The van der Waals surface area contributed by atoms with Crippen molar-refractivity contribution in [1.29, 1.82) is 0 Å². The van der Waals surface area contributed by atoms with Gasteiger partial charge in [0.05, 0.1) is 18.6 Å². The summed E-state index contributed by atoms with van der Waals surface area (Å²) in [5.41, 5.74) is 10.5. The lowest BCUT2D eigenvalue weighted by molar-refractivity contribution is 0.0992. The molecule has 1 amide bonds. The lowest BCUT2D eigenvalue weighted by atomic mass is 10.0. The number of carbonyl (C=O) groups excluding carboxylic acids is 1. The van der Waals surface area contributed by atoms with E-state index in [2.05, 4.69) is 76.3 Å². The Labute approximate surface area is 203 Å². The number of amides is 1. The molecule has 0 saturated carbocycles. The molecule has 35 heavy (non-hydrogen) atoms. The molecule has 0 aliphatic rings. The van der Waals surface area contributed by atoms with Gasteiger partial charge in [0.15, 0.2) is 0 Å². The number of nitrogens with two attached hydrogens (primary N) is 1. The van der Waals surface area contributed by atoms with Gasteiger partial charge >= 0.3 is 0 Å². The van der Waals surface area contributed by atoms with Crippen LogP contribution in [0, 0.1) is 0 Å². The summed E-state index contributed by atoms with van der Waals surface area (Å²) in [4.78, 5) is 16.8. The Morgan fingerprint density at radius 1 is 0.771 bits per heavy atom. The summed E-state index contributed by atoms with van der Waals surface area (Å²) in [7, 11) is 0. The van der Waals surface area contributed by atoms with Crippen LogP contribution in [0.25, 0.3) is 32.7 Å². The third-order valence-electron chi connectivity index (χ3n) is 6.60. The number of hydrogen-bond donors (Lipinski definition) is 1. The smallest absolute Gasteiger partial charge is 0.265 e. The van der Waals surface area contributed by atoms with Crippen molar-refractivity contribution in [3.05, 3.63) is 127 Å². The molecule has 0 atom stereocenters. The van der Waals surface area contributed by atoms with Gasteiger partial charge in [-0.3, -0.25) is 4.79 Å². The van der Waals surface area contributed by atoms with Gasteiger partial charge < -0.3 is 14.9 Å². The Hall–Kier alpha value is -4.64. The zero-order valence-electron chi connectivity index (χ0n) is 19.1. The van der Waals surface area contributed by atoms with Crippen LogP contribution in [0.5, 0.6) is 0 Å². The molecule has 6 aromatic rings. The zero-order chi connectivity index (χ0) is 23.8. The van der Waals surface area contributed by atoms with Crippen LogP contribution in [-0.4, -0.2) is 20.0 Å². The van der Waals surface area contributed by atoms with E-state index >= 15 is 0 Å². The highest BCUT2D eigenvalue weighted by molar-refractivity contribution is 5.99. The van der Waals surface area contributed by atoms with Crippen molar-refractivity contribution in [3.63, 3.8) is 0 Å².